The fraction of sp³-hybridized carbons (Fsp3) is 0.333. The molecule has 0 nitrogen and oxygen atoms in total. The van der Waals surface area contributed by atoms with E-state index in [2.05, 4.69) is 89.4 Å². The fourth-order valence-corrected chi connectivity index (χ4v) is 26.4. The van der Waals surface area contributed by atoms with E-state index in [-0.39, 0.29) is 24.8 Å². The Bertz CT molecular complexity index is 873. The summed E-state index contributed by atoms with van der Waals surface area (Å²) in [5.74, 6) is -0.688. The van der Waals surface area contributed by atoms with Gasteiger partial charge in [0.15, 0.2) is 0 Å². The summed E-state index contributed by atoms with van der Waals surface area (Å²) in [6.07, 6.45) is 10.1. The van der Waals surface area contributed by atoms with Gasteiger partial charge in [-0.15, -0.1) is 0 Å². The minimum Gasteiger partial charge on any atom is -1.00 e. The number of benzene rings is 2. The molecule has 0 aliphatic heterocycles. The number of hydrogen-bond acceptors (Lipinski definition) is 0. The van der Waals surface area contributed by atoms with Crippen LogP contribution < -0.4 is 24.8 Å². The molecule has 0 aromatic heterocycles. The molecule has 4 heteroatoms. The van der Waals surface area contributed by atoms with Gasteiger partial charge in [-0.25, -0.2) is 0 Å². The second-order valence-electron chi connectivity index (χ2n) is 8.38. The van der Waals surface area contributed by atoms with E-state index in [0.717, 1.165) is 7.25 Å². The molecule has 2 unspecified atom stereocenters. The van der Waals surface area contributed by atoms with Gasteiger partial charge in [-0.3, -0.25) is 0 Å². The minimum atomic E-state index is -1.74. The normalized spacial score (nSPS) is 18.5. The maximum absolute atomic E-state index is 2.63. The van der Waals surface area contributed by atoms with Crippen LogP contribution in [0.4, 0.5) is 0 Å². The number of hydrogen-bond donors (Lipinski definition) is 0. The molecule has 2 aromatic rings. The zero-order valence-electron chi connectivity index (χ0n) is 17.6. The minimum absolute atomic E-state index is 0. The molecule has 0 bridgehead atoms. The van der Waals surface area contributed by atoms with E-state index in [9.17, 15) is 0 Å². The molecule has 0 saturated carbocycles. The molecule has 2 aliphatic carbocycles. The summed E-state index contributed by atoms with van der Waals surface area (Å²) in [7, 11) is 0. The van der Waals surface area contributed by atoms with Crippen LogP contribution in [0.5, 0.6) is 0 Å². The van der Waals surface area contributed by atoms with E-state index in [1.807, 2.05) is 0 Å². The van der Waals surface area contributed by atoms with Crippen LogP contribution in [0.25, 0.3) is 12.2 Å². The Morgan fingerprint density at radius 2 is 1.00 bits per heavy atom. The Hall–Kier alpha value is -0.400. The standard InChI is InChI=1S/2C11H11.C2H7Si.2ClH.Zr/c2*1-8-6-7-9(2)11-5-3-4-10(8)11;1-3-2;;;/h2*3-7H,1-2H3;3H,1-2H3;2*1H;/q;;;;;+2/p-2. The molecule has 0 heterocycles. The molecule has 0 fully saturated rings. The number of aryl methyl sites for hydroxylation is 4. The van der Waals surface area contributed by atoms with Crippen molar-refractivity contribution in [2.45, 2.75) is 48.0 Å². The van der Waals surface area contributed by atoms with E-state index in [1.54, 1.807) is 11.1 Å². The quantitative estimate of drug-likeness (QED) is 0.527. The van der Waals surface area contributed by atoms with Crippen molar-refractivity contribution in [3.63, 3.8) is 0 Å². The molecule has 4 rings (SSSR count). The summed E-state index contributed by atoms with van der Waals surface area (Å²) in [5.41, 5.74) is 12.4. The third-order valence-corrected chi connectivity index (χ3v) is 27.7. The van der Waals surface area contributed by atoms with Crippen LogP contribution in [0.2, 0.25) is 13.1 Å². The van der Waals surface area contributed by atoms with E-state index in [4.69, 9.17) is 0 Å². The summed E-state index contributed by atoms with van der Waals surface area (Å²) in [6.45, 7) is 14.5. The van der Waals surface area contributed by atoms with Gasteiger partial charge in [0.2, 0.25) is 0 Å². The van der Waals surface area contributed by atoms with Crippen molar-refractivity contribution in [1.29, 1.82) is 0 Å². The van der Waals surface area contributed by atoms with Crippen LogP contribution in [0.1, 0.15) is 51.8 Å². The smallest absolute Gasteiger partial charge is 1.00 e. The van der Waals surface area contributed by atoms with Crippen molar-refractivity contribution >= 4 is 18.1 Å². The molecule has 0 saturated heterocycles. The predicted octanol–water partition coefficient (Wildman–Crippen LogP) is 0.366. The Morgan fingerprint density at radius 1 is 0.643 bits per heavy atom. The van der Waals surface area contributed by atoms with Crippen LogP contribution in [0.15, 0.2) is 36.4 Å². The van der Waals surface area contributed by atoms with Crippen LogP contribution in [-0.2, 0) is 20.9 Å². The Morgan fingerprint density at radius 3 is 1.36 bits per heavy atom. The zero-order valence-corrected chi connectivity index (χ0v) is 22.7. The van der Waals surface area contributed by atoms with Gasteiger partial charge in [0.1, 0.15) is 0 Å². The predicted molar refractivity (Wildman–Crippen MR) is 114 cm³/mol. The molecule has 0 amide bonds. The van der Waals surface area contributed by atoms with Crippen molar-refractivity contribution in [3.05, 3.63) is 80.9 Å². The maximum Gasteiger partial charge on any atom is -1.00 e. The van der Waals surface area contributed by atoms with E-state index >= 15 is 0 Å². The first kappa shape index (κ1) is 23.9. The van der Waals surface area contributed by atoms with Gasteiger partial charge in [-0.2, -0.15) is 0 Å². The van der Waals surface area contributed by atoms with Gasteiger partial charge < -0.3 is 24.8 Å². The molecular weight excluding hydrogens is 478 g/mol. The molecule has 2 atom stereocenters. The van der Waals surface area contributed by atoms with E-state index in [0.29, 0.717) is 0 Å². The van der Waals surface area contributed by atoms with Gasteiger partial charge in [0.25, 0.3) is 0 Å². The molecule has 2 aromatic carbocycles. The van der Waals surface area contributed by atoms with Crippen LogP contribution in [-0.4, -0.2) is 5.92 Å². The van der Waals surface area contributed by atoms with Crippen LogP contribution >= 0.6 is 0 Å². The topological polar surface area (TPSA) is 0 Å². The zero-order chi connectivity index (χ0) is 18.6. The summed E-state index contributed by atoms with van der Waals surface area (Å²) in [4.78, 5) is 0. The average molecular weight is 508 g/mol. The first-order chi connectivity index (χ1) is 12.4. The van der Waals surface area contributed by atoms with Gasteiger partial charge >= 0.3 is 168 Å². The summed E-state index contributed by atoms with van der Waals surface area (Å²) in [5, 5.41) is 0. The van der Waals surface area contributed by atoms with Crippen LogP contribution in [0, 0.1) is 27.7 Å². The SMILES string of the molecule is Cc1ccc(C)c2c1C=C[CH]2[Zr+2]([CH]1C=Cc2c(C)ccc(C)c21)[SiH](C)C.[Cl-].[Cl-]. The van der Waals surface area contributed by atoms with Gasteiger partial charge in [-0.1, -0.05) is 0 Å². The van der Waals surface area contributed by atoms with E-state index in [1.165, 1.54) is 33.4 Å². The van der Waals surface area contributed by atoms with Gasteiger partial charge in [0.05, 0.1) is 0 Å². The number of fused-ring (bicyclic) bond motifs is 2. The first-order valence-corrected chi connectivity index (χ1v) is 19.8. The third-order valence-electron chi connectivity index (χ3n) is 6.36. The summed E-state index contributed by atoms with van der Waals surface area (Å²) >= 11 is -1.74. The maximum atomic E-state index is 2.63. The molecular formula is C24H29Cl2SiZr. The third kappa shape index (κ3) is 3.83. The largest absolute Gasteiger partial charge is 1.00 e. The van der Waals surface area contributed by atoms with Crippen molar-refractivity contribution in [1.82, 2.24) is 0 Å². The average Bonchev–Trinajstić information content (AvgIpc) is 3.22. The Balaban J connectivity index is 0.00000140. The summed E-state index contributed by atoms with van der Waals surface area (Å²) < 4.78 is 1.53. The van der Waals surface area contributed by atoms with Crippen LogP contribution in [0.3, 0.4) is 0 Å². The van der Waals surface area contributed by atoms with Crippen molar-refractivity contribution < 1.29 is 45.7 Å². The monoisotopic (exact) mass is 505 g/mol. The fourth-order valence-electron chi connectivity index (χ4n) is 5.02. The number of rotatable bonds is 3. The Kier molecular flexibility index (Phi) is 7.82. The van der Waals surface area contributed by atoms with Crippen molar-refractivity contribution in [2.24, 2.45) is 0 Å². The molecule has 28 heavy (non-hydrogen) atoms. The van der Waals surface area contributed by atoms with Crippen molar-refractivity contribution in [3.8, 4) is 0 Å². The molecule has 0 N–H and O–H groups in total. The number of allylic oxidation sites excluding steroid dienone is 2. The number of halogens is 2. The van der Waals surface area contributed by atoms with Crippen molar-refractivity contribution in [2.75, 3.05) is 0 Å². The second kappa shape index (κ2) is 9.17. The van der Waals surface area contributed by atoms with Gasteiger partial charge in [-0.05, 0) is 0 Å². The molecule has 2 aliphatic rings. The second-order valence-corrected chi connectivity index (χ2v) is 28.7. The molecule has 0 radical (unpaired) electrons. The summed E-state index contributed by atoms with van der Waals surface area (Å²) in [6, 6.07) is 9.30. The molecule has 147 valence electrons. The first-order valence-electron chi connectivity index (χ1n) is 9.83. The van der Waals surface area contributed by atoms with E-state index < -0.39 is 26.8 Å². The Labute approximate surface area is 191 Å². The molecule has 0 spiro atoms. The van der Waals surface area contributed by atoms with Gasteiger partial charge in [0, 0.05) is 0 Å².